The number of rotatable bonds is 4. The van der Waals surface area contributed by atoms with Gasteiger partial charge in [0, 0.05) is 31.4 Å². The molecular weight excluding hydrogens is 238 g/mol. The number of hydrogen-bond acceptors (Lipinski definition) is 4. The minimum absolute atomic E-state index is 0.572. The summed E-state index contributed by atoms with van der Waals surface area (Å²) in [4.78, 5) is 10.7. The van der Waals surface area contributed by atoms with Crippen LogP contribution in [0.2, 0.25) is 0 Å². The molecule has 1 aliphatic heterocycles. The summed E-state index contributed by atoms with van der Waals surface area (Å²) in [7, 11) is 0. The van der Waals surface area contributed by atoms with Gasteiger partial charge in [-0.1, -0.05) is 0 Å². The first-order valence-electron chi connectivity index (χ1n) is 6.52. The monoisotopic (exact) mass is 255 g/mol. The Hall–Kier alpha value is -2.10. The number of aromatic nitrogens is 2. The molecule has 19 heavy (non-hydrogen) atoms. The van der Waals surface area contributed by atoms with Crippen LogP contribution >= 0.6 is 0 Å². The van der Waals surface area contributed by atoms with Gasteiger partial charge in [0.05, 0.1) is 12.8 Å². The van der Waals surface area contributed by atoms with Crippen molar-refractivity contribution in [3.8, 4) is 5.75 Å². The van der Waals surface area contributed by atoms with Gasteiger partial charge < -0.3 is 9.64 Å². The van der Waals surface area contributed by atoms with Crippen molar-refractivity contribution in [1.82, 2.24) is 9.97 Å². The van der Waals surface area contributed by atoms with Crippen LogP contribution < -0.4 is 9.64 Å². The molecule has 0 spiro atoms. The van der Waals surface area contributed by atoms with E-state index in [1.165, 1.54) is 5.56 Å². The van der Waals surface area contributed by atoms with Gasteiger partial charge in [0.2, 0.25) is 0 Å². The summed E-state index contributed by atoms with van der Waals surface area (Å²) in [5.74, 6) is 2.48. The number of anilines is 1. The van der Waals surface area contributed by atoms with E-state index >= 15 is 0 Å². The molecule has 0 aliphatic carbocycles. The molecule has 0 unspecified atom stereocenters. The summed E-state index contributed by atoms with van der Waals surface area (Å²) in [6.07, 6.45) is 5.37. The summed E-state index contributed by atoms with van der Waals surface area (Å²) in [5.41, 5.74) is 1.25. The van der Waals surface area contributed by atoms with Crippen molar-refractivity contribution in [1.29, 1.82) is 0 Å². The highest BCUT2D eigenvalue weighted by molar-refractivity contribution is 5.43. The van der Waals surface area contributed by atoms with E-state index in [0.29, 0.717) is 5.92 Å². The molecular formula is C15H17N3O. The molecule has 0 bridgehead atoms. The number of nitrogens with zero attached hydrogens (tertiary/aromatic N) is 3. The van der Waals surface area contributed by atoms with Gasteiger partial charge in [0.15, 0.2) is 0 Å². The summed E-state index contributed by atoms with van der Waals surface area (Å²) < 4.78 is 5.71. The van der Waals surface area contributed by atoms with E-state index < -0.39 is 0 Å². The fourth-order valence-corrected chi connectivity index (χ4v) is 2.20. The molecule has 1 aliphatic rings. The number of aryl methyl sites for hydroxylation is 1. The van der Waals surface area contributed by atoms with E-state index in [1.807, 2.05) is 24.4 Å². The lowest BCUT2D eigenvalue weighted by molar-refractivity contribution is 0.219. The van der Waals surface area contributed by atoms with Crippen molar-refractivity contribution < 1.29 is 4.74 Å². The number of hydrogen-bond donors (Lipinski definition) is 0. The molecule has 3 heterocycles. The summed E-state index contributed by atoms with van der Waals surface area (Å²) in [6, 6.07) is 7.97. The molecule has 1 fully saturated rings. The maximum atomic E-state index is 5.71. The third-order valence-electron chi connectivity index (χ3n) is 3.30. The van der Waals surface area contributed by atoms with Crippen LogP contribution in [0.3, 0.4) is 0 Å². The Labute approximate surface area is 113 Å². The lowest BCUT2D eigenvalue weighted by Crippen LogP contribution is -2.49. The van der Waals surface area contributed by atoms with E-state index in [1.54, 1.807) is 12.4 Å². The molecule has 2 aromatic heterocycles. The van der Waals surface area contributed by atoms with E-state index in [9.17, 15) is 0 Å². The SMILES string of the molecule is Cc1ccnc(N2CC(COc3cccnc3)C2)c1. The van der Waals surface area contributed by atoms with Crippen LogP contribution in [-0.4, -0.2) is 29.7 Å². The highest BCUT2D eigenvalue weighted by atomic mass is 16.5. The Bertz CT molecular complexity index is 538. The number of ether oxygens (including phenoxy) is 1. The van der Waals surface area contributed by atoms with Gasteiger partial charge in [0.1, 0.15) is 11.6 Å². The maximum absolute atomic E-state index is 5.71. The van der Waals surface area contributed by atoms with Gasteiger partial charge in [-0.25, -0.2) is 4.98 Å². The molecule has 0 atom stereocenters. The highest BCUT2D eigenvalue weighted by Gasteiger charge is 2.28. The Kier molecular flexibility index (Phi) is 3.31. The average Bonchev–Trinajstić information content (AvgIpc) is 2.38. The van der Waals surface area contributed by atoms with E-state index in [0.717, 1.165) is 31.3 Å². The summed E-state index contributed by atoms with van der Waals surface area (Å²) in [6.45, 7) is 4.86. The quantitative estimate of drug-likeness (QED) is 0.840. The fraction of sp³-hybridized carbons (Fsp3) is 0.333. The molecule has 98 valence electrons. The first-order chi connectivity index (χ1) is 9.31. The van der Waals surface area contributed by atoms with Gasteiger partial charge in [-0.05, 0) is 36.8 Å². The van der Waals surface area contributed by atoms with Crippen LogP contribution in [0.25, 0.3) is 0 Å². The molecule has 0 N–H and O–H groups in total. The predicted molar refractivity (Wildman–Crippen MR) is 74.4 cm³/mol. The van der Waals surface area contributed by atoms with Crippen LogP contribution in [0.1, 0.15) is 5.56 Å². The van der Waals surface area contributed by atoms with Gasteiger partial charge in [-0.2, -0.15) is 0 Å². The zero-order valence-electron chi connectivity index (χ0n) is 11.0. The first-order valence-corrected chi connectivity index (χ1v) is 6.52. The molecule has 2 aromatic rings. The fourth-order valence-electron chi connectivity index (χ4n) is 2.20. The smallest absolute Gasteiger partial charge is 0.137 e. The van der Waals surface area contributed by atoms with Crippen molar-refractivity contribution in [3.63, 3.8) is 0 Å². The van der Waals surface area contributed by atoms with E-state index in [4.69, 9.17) is 4.74 Å². The van der Waals surface area contributed by atoms with Gasteiger partial charge in [-0.3, -0.25) is 4.98 Å². The first kappa shape index (κ1) is 12.0. The number of pyridine rings is 2. The predicted octanol–water partition coefficient (Wildman–Crippen LogP) is 2.30. The Morgan fingerprint density at radius 1 is 1.32 bits per heavy atom. The Balaban J connectivity index is 1.48. The third kappa shape index (κ3) is 2.84. The molecule has 1 saturated heterocycles. The zero-order valence-corrected chi connectivity index (χ0v) is 11.0. The second kappa shape index (κ2) is 5.26. The second-order valence-electron chi connectivity index (χ2n) is 4.96. The normalized spacial score (nSPS) is 15.1. The Morgan fingerprint density at radius 3 is 2.95 bits per heavy atom. The topological polar surface area (TPSA) is 38.2 Å². The standard InChI is InChI=1S/C15H17N3O/c1-12-4-6-17-15(7-12)18-9-13(10-18)11-19-14-3-2-5-16-8-14/h2-8,13H,9-11H2,1H3. The van der Waals surface area contributed by atoms with Crippen LogP contribution in [0, 0.1) is 12.8 Å². The van der Waals surface area contributed by atoms with E-state index in [2.05, 4.69) is 27.9 Å². The molecule has 0 amide bonds. The second-order valence-corrected chi connectivity index (χ2v) is 4.96. The average molecular weight is 255 g/mol. The van der Waals surface area contributed by atoms with Crippen LogP contribution in [-0.2, 0) is 0 Å². The van der Waals surface area contributed by atoms with Crippen LogP contribution in [0.15, 0.2) is 42.9 Å². The highest BCUT2D eigenvalue weighted by Crippen LogP contribution is 2.23. The minimum Gasteiger partial charge on any atom is -0.492 e. The van der Waals surface area contributed by atoms with Gasteiger partial charge >= 0.3 is 0 Å². The molecule has 0 aromatic carbocycles. The largest absolute Gasteiger partial charge is 0.492 e. The van der Waals surface area contributed by atoms with Crippen molar-refractivity contribution >= 4 is 5.82 Å². The third-order valence-corrected chi connectivity index (χ3v) is 3.30. The Morgan fingerprint density at radius 2 is 2.21 bits per heavy atom. The molecule has 4 nitrogen and oxygen atoms in total. The molecule has 0 saturated carbocycles. The van der Waals surface area contributed by atoms with Crippen molar-refractivity contribution in [2.45, 2.75) is 6.92 Å². The van der Waals surface area contributed by atoms with Gasteiger partial charge in [-0.15, -0.1) is 0 Å². The van der Waals surface area contributed by atoms with Crippen LogP contribution in [0.4, 0.5) is 5.82 Å². The van der Waals surface area contributed by atoms with Crippen molar-refractivity contribution in [3.05, 3.63) is 48.4 Å². The lowest BCUT2D eigenvalue weighted by atomic mass is 10.0. The van der Waals surface area contributed by atoms with Gasteiger partial charge in [0.25, 0.3) is 0 Å². The van der Waals surface area contributed by atoms with Crippen LogP contribution in [0.5, 0.6) is 5.75 Å². The molecule has 0 radical (unpaired) electrons. The molecule has 3 rings (SSSR count). The summed E-state index contributed by atoms with van der Waals surface area (Å²) >= 11 is 0. The lowest BCUT2D eigenvalue weighted by Gasteiger charge is -2.39. The summed E-state index contributed by atoms with van der Waals surface area (Å²) in [5, 5.41) is 0. The minimum atomic E-state index is 0.572. The van der Waals surface area contributed by atoms with Crippen molar-refractivity contribution in [2.24, 2.45) is 5.92 Å². The van der Waals surface area contributed by atoms with E-state index in [-0.39, 0.29) is 0 Å². The molecule has 4 heteroatoms. The van der Waals surface area contributed by atoms with Crippen molar-refractivity contribution in [2.75, 3.05) is 24.6 Å². The zero-order chi connectivity index (χ0) is 13.1. The maximum Gasteiger partial charge on any atom is 0.137 e.